The van der Waals surface area contributed by atoms with Gasteiger partial charge in [-0.25, -0.2) is 0 Å². The molecule has 110 valence electrons. The highest BCUT2D eigenvalue weighted by Crippen LogP contribution is 2.22. The number of piperidine rings is 1. The molecule has 21 heavy (non-hydrogen) atoms. The van der Waals surface area contributed by atoms with Crippen LogP contribution in [0.2, 0.25) is 0 Å². The summed E-state index contributed by atoms with van der Waals surface area (Å²) in [5.41, 5.74) is 0.925. The summed E-state index contributed by atoms with van der Waals surface area (Å²) in [5.74, 6) is 0.116. The van der Waals surface area contributed by atoms with Crippen molar-refractivity contribution in [1.82, 2.24) is 9.47 Å². The van der Waals surface area contributed by atoms with Gasteiger partial charge in [-0.1, -0.05) is 0 Å². The van der Waals surface area contributed by atoms with E-state index in [1.807, 2.05) is 21.7 Å². The fourth-order valence-electron chi connectivity index (χ4n) is 2.83. The number of hydrogen-bond acceptors (Lipinski definition) is 3. The third-order valence-corrected chi connectivity index (χ3v) is 3.98. The van der Waals surface area contributed by atoms with E-state index in [0.717, 1.165) is 36.8 Å². The third-order valence-electron chi connectivity index (χ3n) is 3.98. The molecule has 1 saturated heterocycles. The van der Waals surface area contributed by atoms with Gasteiger partial charge in [0.1, 0.15) is 6.54 Å². The zero-order chi connectivity index (χ0) is 14.8. The first-order valence-electron chi connectivity index (χ1n) is 7.16. The number of aromatic nitrogens is 1. The van der Waals surface area contributed by atoms with Crippen LogP contribution in [0.5, 0.6) is 0 Å². The second kappa shape index (κ2) is 5.55. The number of benzene rings is 1. The van der Waals surface area contributed by atoms with Crippen LogP contribution in [0.3, 0.4) is 0 Å². The molecule has 0 spiro atoms. The molecule has 0 bridgehead atoms. The molecule has 1 aliphatic rings. The minimum atomic E-state index is -0.407. The summed E-state index contributed by atoms with van der Waals surface area (Å²) >= 11 is 0. The standard InChI is InChI=1S/C15H17N3O3/c19-15(16-7-2-1-3-8-16)11-17-9-6-12-10-13(18(20)21)4-5-14(12)17/h4-6,9-10H,1-3,7-8,11H2. The lowest BCUT2D eigenvalue weighted by atomic mass is 10.1. The van der Waals surface area contributed by atoms with Gasteiger partial charge in [-0.15, -0.1) is 0 Å². The van der Waals surface area contributed by atoms with E-state index < -0.39 is 4.92 Å². The van der Waals surface area contributed by atoms with Crippen molar-refractivity contribution < 1.29 is 9.72 Å². The average molecular weight is 287 g/mol. The highest BCUT2D eigenvalue weighted by atomic mass is 16.6. The normalized spacial score (nSPS) is 15.3. The number of nitro benzene ring substituents is 1. The molecule has 1 aromatic heterocycles. The molecule has 1 aromatic carbocycles. The van der Waals surface area contributed by atoms with E-state index in [-0.39, 0.29) is 11.6 Å². The van der Waals surface area contributed by atoms with Gasteiger partial charge in [-0.3, -0.25) is 14.9 Å². The number of hydrogen-bond donors (Lipinski definition) is 0. The lowest BCUT2D eigenvalue weighted by Crippen LogP contribution is -2.37. The molecule has 6 heteroatoms. The summed E-state index contributed by atoms with van der Waals surface area (Å²) in [6.07, 6.45) is 5.16. The second-order valence-corrected chi connectivity index (χ2v) is 5.39. The molecule has 6 nitrogen and oxygen atoms in total. The smallest absolute Gasteiger partial charge is 0.270 e. The van der Waals surface area contributed by atoms with Gasteiger partial charge in [0.25, 0.3) is 5.69 Å². The van der Waals surface area contributed by atoms with Crippen LogP contribution < -0.4 is 0 Å². The summed E-state index contributed by atoms with van der Waals surface area (Å²) in [6.45, 7) is 1.97. The Bertz CT molecular complexity index is 687. The van der Waals surface area contributed by atoms with Crippen LogP contribution in [0.15, 0.2) is 30.5 Å². The van der Waals surface area contributed by atoms with E-state index in [4.69, 9.17) is 0 Å². The Morgan fingerprint density at radius 2 is 1.95 bits per heavy atom. The Balaban J connectivity index is 1.80. The lowest BCUT2D eigenvalue weighted by molar-refractivity contribution is -0.384. The number of rotatable bonds is 3. The van der Waals surface area contributed by atoms with E-state index in [9.17, 15) is 14.9 Å². The average Bonchev–Trinajstić information content (AvgIpc) is 2.90. The van der Waals surface area contributed by atoms with E-state index >= 15 is 0 Å². The van der Waals surface area contributed by atoms with Gasteiger partial charge < -0.3 is 9.47 Å². The fourth-order valence-corrected chi connectivity index (χ4v) is 2.83. The Labute approximate surface area is 122 Å². The van der Waals surface area contributed by atoms with Crippen molar-refractivity contribution in [2.75, 3.05) is 13.1 Å². The molecule has 0 N–H and O–H groups in total. The van der Waals surface area contributed by atoms with Crippen molar-refractivity contribution in [1.29, 1.82) is 0 Å². The maximum atomic E-state index is 12.3. The fraction of sp³-hybridized carbons (Fsp3) is 0.400. The molecule has 0 atom stereocenters. The molecule has 2 heterocycles. The molecule has 0 saturated carbocycles. The maximum absolute atomic E-state index is 12.3. The zero-order valence-electron chi connectivity index (χ0n) is 11.7. The molecule has 1 aliphatic heterocycles. The molecule has 0 unspecified atom stereocenters. The Morgan fingerprint density at radius 1 is 1.19 bits per heavy atom. The number of non-ortho nitro benzene ring substituents is 1. The van der Waals surface area contributed by atoms with Crippen molar-refractivity contribution in [2.45, 2.75) is 25.8 Å². The van der Waals surface area contributed by atoms with E-state index in [2.05, 4.69) is 0 Å². The van der Waals surface area contributed by atoms with Gasteiger partial charge in [-0.2, -0.15) is 0 Å². The first-order valence-corrected chi connectivity index (χ1v) is 7.16. The van der Waals surface area contributed by atoms with E-state index in [0.29, 0.717) is 6.54 Å². The Hall–Kier alpha value is -2.37. The van der Waals surface area contributed by atoms with E-state index in [1.165, 1.54) is 18.6 Å². The first kappa shape index (κ1) is 13.6. The Morgan fingerprint density at radius 3 is 2.67 bits per heavy atom. The second-order valence-electron chi connectivity index (χ2n) is 5.39. The van der Waals surface area contributed by atoms with Gasteiger partial charge in [-0.05, 0) is 31.4 Å². The van der Waals surface area contributed by atoms with Gasteiger partial charge in [0.05, 0.1) is 4.92 Å². The van der Waals surface area contributed by atoms with Crippen LogP contribution in [0, 0.1) is 10.1 Å². The van der Waals surface area contributed by atoms with Crippen molar-refractivity contribution in [2.24, 2.45) is 0 Å². The molecular weight excluding hydrogens is 270 g/mol. The molecule has 1 fully saturated rings. The number of amides is 1. The topological polar surface area (TPSA) is 68.4 Å². The molecule has 0 aliphatic carbocycles. The van der Waals surface area contributed by atoms with Crippen molar-refractivity contribution in [3.63, 3.8) is 0 Å². The lowest BCUT2D eigenvalue weighted by Gasteiger charge is -2.27. The van der Waals surface area contributed by atoms with Gasteiger partial charge in [0.15, 0.2) is 0 Å². The molecule has 0 radical (unpaired) electrons. The van der Waals surface area contributed by atoms with Crippen LogP contribution in [0.4, 0.5) is 5.69 Å². The summed E-state index contributed by atoms with van der Waals surface area (Å²) in [5, 5.41) is 11.6. The highest BCUT2D eigenvalue weighted by molar-refractivity contribution is 5.85. The number of carbonyl (C=O) groups is 1. The summed E-state index contributed by atoms with van der Waals surface area (Å²) in [6, 6.07) is 6.53. The van der Waals surface area contributed by atoms with E-state index in [1.54, 1.807) is 6.07 Å². The number of nitro groups is 1. The Kier molecular flexibility index (Phi) is 3.60. The number of carbonyl (C=O) groups excluding carboxylic acids is 1. The summed E-state index contributed by atoms with van der Waals surface area (Å²) < 4.78 is 1.86. The largest absolute Gasteiger partial charge is 0.341 e. The van der Waals surface area contributed by atoms with Crippen LogP contribution >= 0.6 is 0 Å². The minimum Gasteiger partial charge on any atom is -0.341 e. The maximum Gasteiger partial charge on any atom is 0.270 e. The quantitative estimate of drug-likeness (QED) is 0.643. The minimum absolute atomic E-state index is 0.0719. The molecule has 3 rings (SSSR count). The van der Waals surface area contributed by atoms with Crippen molar-refractivity contribution in [3.8, 4) is 0 Å². The summed E-state index contributed by atoms with van der Waals surface area (Å²) in [4.78, 5) is 24.6. The summed E-state index contributed by atoms with van der Waals surface area (Å²) in [7, 11) is 0. The highest BCUT2D eigenvalue weighted by Gasteiger charge is 2.17. The predicted molar refractivity (Wildman–Crippen MR) is 79.0 cm³/mol. The van der Waals surface area contributed by atoms with Crippen molar-refractivity contribution >= 4 is 22.5 Å². The predicted octanol–water partition coefficient (Wildman–Crippen LogP) is 2.56. The first-order chi connectivity index (χ1) is 10.1. The monoisotopic (exact) mass is 287 g/mol. The number of likely N-dealkylation sites (tertiary alicyclic amines) is 1. The van der Waals surface area contributed by atoms with Crippen LogP contribution in [0.25, 0.3) is 10.9 Å². The molecule has 1 amide bonds. The van der Waals surface area contributed by atoms with Crippen molar-refractivity contribution in [3.05, 3.63) is 40.6 Å². The van der Waals surface area contributed by atoms with Gasteiger partial charge in [0.2, 0.25) is 5.91 Å². The van der Waals surface area contributed by atoms with Crippen LogP contribution in [-0.4, -0.2) is 33.4 Å². The molecular formula is C15H17N3O3. The van der Waals surface area contributed by atoms with Crippen LogP contribution in [0.1, 0.15) is 19.3 Å². The molecule has 2 aromatic rings. The van der Waals surface area contributed by atoms with Gasteiger partial charge in [0, 0.05) is 42.3 Å². The SMILES string of the molecule is O=C(Cn1ccc2cc([N+](=O)[O-])ccc21)N1CCCCC1. The van der Waals surface area contributed by atoms with Gasteiger partial charge >= 0.3 is 0 Å². The third kappa shape index (κ3) is 2.74. The number of fused-ring (bicyclic) bond motifs is 1. The number of nitrogens with zero attached hydrogens (tertiary/aromatic N) is 3. The van der Waals surface area contributed by atoms with Crippen LogP contribution in [-0.2, 0) is 11.3 Å². The zero-order valence-corrected chi connectivity index (χ0v) is 11.7.